The Morgan fingerprint density at radius 2 is 2.13 bits per heavy atom. The van der Waals surface area contributed by atoms with Gasteiger partial charge in [-0.15, -0.1) is 0 Å². The highest BCUT2D eigenvalue weighted by Gasteiger charge is 2.33. The Balaban J connectivity index is 1.66. The van der Waals surface area contributed by atoms with Gasteiger partial charge in [0.1, 0.15) is 0 Å². The lowest BCUT2D eigenvalue weighted by Crippen LogP contribution is -2.39. The number of hydrogen-bond donors (Lipinski definition) is 2. The van der Waals surface area contributed by atoms with Crippen LogP contribution in [-0.4, -0.2) is 47.3 Å². The number of nitrogens with zero attached hydrogens (tertiary/aromatic N) is 1. The number of carbonyl (C=O) groups excluding carboxylic acids is 1. The summed E-state index contributed by atoms with van der Waals surface area (Å²) in [5, 5.41) is 10.4. The van der Waals surface area contributed by atoms with Gasteiger partial charge in [-0.05, 0) is 55.4 Å². The SMILES string of the molecule is Cc1cc(C)c(CN2CCc3ccc([C@@H](CO)[C@H]4CCOC4)c(Cl)c3C2=O)c(=O)[nH]1. The zero-order valence-corrected chi connectivity index (χ0v) is 18.1. The lowest BCUT2D eigenvalue weighted by atomic mass is 9.83. The lowest BCUT2D eigenvalue weighted by molar-refractivity contribution is 0.0726. The van der Waals surface area contributed by atoms with Crippen LogP contribution in [0.2, 0.25) is 5.02 Å². The summed E-state index contributed by atoms with van der Waals surface area (Å²) in [5.74, 6) is -0.133. The summed E-state index contributed by atoms with van der Waals surface area (Å²) in [6, 6.07) is 5.81. The lowest BCUT2D eigenvalue weighted by Gasteiger charge is -2.31. The molecule has 0 spiro atoms. The summed E-state index contributed by atoms with van der Waals surface area (Å²) in [7, 11) is 0. The van der Waals surface area contributed by atoms with Crippen molar-refractivity contribution in [2.24, 2.45) is 5.92 Å². The van der Waals surface area contributed by atoms with Gasteiger partial charge in [0, 0.05) is 30.3 Å². The third-order valence-electron chi connectivity index (χ3n) is 6.38. The number of aromatic nitrogens is 1. The Morgan fingerprint density at radius 3 is 2.80 bits per heavy atom. The van der Waals surface area contributed by atoms with Gasteiger partial charge in [-0.1, -0.05) is 23.7 Å². The van der Waals surface area contributed by atoms with Crippen molar-refractivity contribution in [2.45, 2.75) is 39.2 Å². The molecule has 0 saturated carbocycles. The van der Waals surface area contributed by atoms with E-state index in [0.29, 0.717) is 42.3 Å². The smallest absolute Gasteiger partial charge is 0.255 e. The number of aryl methyl sites for hydroxylation is 2. The molecule has 0 aliphatic carbocycles. The van der Waals surface area contributed by atoms with Crippen LogP contribution in [0.3, 0.4) is 0 Å². The van der Waals surface area contributed by atoms with Crippen LogP contribution in [0, 0.1) is 19.8 Å². The van der Waals surface area contributed by atoms with Gasteiger partial charge in [-0.3, -0.25) is 9.59 Å². The van der Waals surface area contributed by atoms with Crippen LogP contribution in [0.5, 0.6) is 0 Å². The average molecular weight is 431 g/mol. The van der Waals surface area contributed by atoms with E-state index in [4.69, 9.17) is 16.3 Å². The normalized spacial score (nSPS) is 19.8. The van der Waals surface area contributed by atoms with Gasteiger partial charge in [-0.25, -0.2) is 0 Å². The molecule has 30 heavy (non-hydrogen) atoms. The van der Waals surface area contributed by atoms with Crippen LogP contribution >= 0.6 is 11.6 Å². The number of aliphatic hydroxyl groups excluding tert-OH is 1. The van der Waals surface area contributed by atoms with E-state index in [2.05, 4.69) is 4.98 Å². The third kappa shape index (κ3) is 3.80. The van der Waals surface area contributed by atoms with Gasteiger partial charge in [0.05, 0.1) is 30.3 Å². The third-order valence-corrected chi connectivity index (χ3v) is 6.79. The van der Waals surface area contributed by atoms with Crippen molar-refractivity contribution in [1.82, 2.24) is 9.88 Å². The fraction of sp³-hybridized carbons (Fsp3) is 0.478. The molecule has 4 rings (SSSR count). The Hall–Kier alpha value is -2.15. The minimum absolute atomic E-state index is 0.0393. The van der Waals surface area contributed by atoms with Crippen LogP contribution < -0.4 is 5.56 Å². The fourth-order valence-electron chi connectivity index (χ4n) is 4.66. The molecule has 2 aromatic rings. The van der Waals surface area contributed by atoms with E-state index >= 15 is 0 Å². The minimum Gasteiger partial charge on any atom is -0.396 e. The number of benzene rings is 1. The molecule has 2 aliphatic heterocycles. The van der Waals surface area contributed by atoms with E-state index in [0.717, 1.165) is 28.8 Å². The minimum atomic E-state index is -0.165. The van der Waals surface area contributed by atoms with Gasteiger partial charge >= 0.3 is 0 Å². The predicted molar refractivity (Wildman–Crippen MR) is 115 cm³/mol. The molecule has 2 aliphatic rings. The predicted octanol–water partition coefficient (Wildman–Crippen LogP) is 2.96. The number of amides is 1. The number of halogens is 1. The van der Waals surface area contributed by atoms with Crippen molar-refractivity contribution < 1.29 is 14.6 Å². The number of carbonyl (C=O) groups is 1. The summed E-state index contributed by atoms with van der Waals surface area (Å²) >= 11 is 6.76. The second-order valence-corrected chi connectivity index (χ2v) is 8.71. The molecule has 1 amide bonds. The maximum absolute atomic E-state index is 13.4. The Bertz CT molecular complexity index is 1030. The second-order valence-electron chi connectivity index (χ2n) is 8.34. The molecule has 1 aromatic heterocycles. The van der Waals surface area contributed by atoms with Crippen molar-refractivity contribution in [3.05, 3.63) is 67.1 Å². The molecule has 1 saturated heterocycles. The summed E-state index contributed by atoms with van der Waals surface area (Å²) in [4.78, 5) is 30.3. The average Bonchev–Trinajstić information content (AvgIpc) is 3.22. The topological polar surface area (TPSA) is 82.6 Å². The van der Waals surface area contributed by atoms with Gasteiger partial charge in [-0.2, -0.15) is 0 Å². The van der Waals surface area contributed by atoms with Crippen LogP contribution in [0.1, 0.15) is 50.6 Å². The molecule has 0 unspecified atom stereocenters. The van der Waals surface area contributed by atoms with E-state index in [9.17, 15) is 14.7 Å². The number of rotatable bonds is 5. The van der Waals surface area contributed by atoms with Crippen molar-refractivity contribution in [3.8, 4) is 0 Å². The van der Waals surface area contributed by atoms with E-state index in [1.807, 2.05) is 32.0 Å². The number of H-pyrrole nitrogens is 1. The van der Waals surface area contributed by atoms with Crippen LogP contribution in [0.15, 0.2) is 23.0 Å². The van der Waals surface area contributed by atoms with Gasteiger partial charge in [0.2, 0.25) is 0 Å². The van der Waals surface area contributed by atoms with E-state index < -0.39 is 0 Å². The highest BCUT2D eigenvalue weighted by atomic mass is 35.5. The zero-order valence-electron chi connectivity index (χ0n) is 17.3. The molecule has 1 fully saturated rings. The highest BCUT2D eigenvalue weighted by molar-refractivity contribution is 6.35. The molecular formula is C23H27ClN2O4. The first-order chi connectivity index (χ1) is 14.4. The number of aromatic amines is 1. The monoisotopic (exact) mass is 430 g/mol. The molecule has 7 heteroatoms. The molecular weight excluding hydrogens is 404 g/mol. The van der Waals surface area contributed by atoms with Crippen molar-refractivity contribution in [1.29, 1.82) is 0 Å². The first kappa shape index (κ1) is 21.1. The van der Waals surface area contributed by atoms with Crippen LogP contribution in [0.25, 0.3) is 0 Å². The van der Waals surface area contributed by atoms with Gasteiger partial charge in [0.15, 0.2) is 0 Å². The summed E-state index contributed by atoms with van der Waals surface area (Å²) < 4.78 is 5.49. The first-order valence-electron chi connectivity index (χ1n) is 10.4. The Labute approximate surface area is 180 Å². The Morgan fingerprint density at radius 1 is 1.33 bits per heavy atom. The van der Waals surface area contributed by atoms with Crippen molar-refractivity contribution in [3.63, 3.8) is 0 Å². The molecule has 2 atom stereocenters. The molecule has 0 radical (unpaired) electrons. The molecule has 3 heterocycles. The van der Waals surface area contributed by atoms with Crippen LogP contribution in [0.4, 0.5) is 0 Å². The summed E-state index contributed by atoms with van der Waals surface area (Å²) in [6.07, 6.45) is 1.55. The molecule has 2 N–H and O–H groups in total. The number of aliphatic hydroxyl groups is 1. The largest absolute Gasteiger partial charge is 0.396 e. The quantitative estimate of drug-likeness (QED) is 0.764. The van der Waals surface area contributed by atoms with Gasteiger partial charge in [0.25, 0.3) is 11.5 Å². The molecule has 0 bridgehead atoms. The maximum atomic E-state index is 13.4. The van der Waals surface area contributed by atoms with Crippen LogP contribution in [-0.2, 0) is 17.7 Å². The number of fused-ring (bicyclic) bond motifs is 1. The summed E-state index contributed by atoms with van der Waals surface area (Å²) in [6.45, 7) is 5.75. The second kappa shape index (κ2) is 8.53. The first-order valence-corrected chi connectivity index (χ1v) is 10.8. The van der Waals surface area contributed by atoms with Crippen molar-refractivity contribution in [2.75, 3.05) is 26.4 Å². The van der Waals surface area contributed by atoms with E-state index in [1.54, 1.807) is 4.90 Å². The van der Waals surface area contributed by atoms with E-state index in [-0.39, 0.29) is 36.5 Å². The van der Waals surface area contributed by atoms with Gasteiger partial charge < -0.3 is 19.7 Å². The highest BCUT2D eigenvalue weighted by Crippen LogP contribution is 2.38. The number of pyridine rings is 1. The number of hydrogen-bond acceptors (Lipinski definition) is 4. The zero-order chi connectivity index (χ0) is 21.4. The molecule has 160 valence electrons. The maximum Gasteiger partial charge on any atom is 0.255 e. The Kier molecular flexibility index (Phi) is 6.00. The molecule has 6 nitrogen and oxygen atoms in total. The fourth-order valence-corrected chi connectivity index (χ4v) is 5.07. The summed E-state index contributed by atoms with van der Waals surface area (Å²) in [5.41, 5.74) is 4.32. The van der Waals surface area contributed by atoms with Crippen molar-refractivity contribution >= 4 is 17.5 Å². The standard InChI is InChI=1S/C23H27ClN2O4/c1-13-9-14(2)25-22(28)18(13)10-26-7-5-15-3-4-17(21(24)20(15)23(26)29)19(11-27)16-6-8-30-12-16/h3-4,9,16,19,27H,5-8,10-12H2,1-2H3,(H,25,28)/t16-,19-/m0/s1. The molecule has 1 aromatic carbocycles. The van der Waals surface area contributed by atoms with E-state index in [1.165, 1.54) is 0 Å². The number of nitrogens with one attached hydrogen (secondary N) is 1. The number of ether oxygens (including phenoxy) is 1.